The molecule has 0 saturated carbocycles. The van der Waals surface area contributed by atoms with Crippen molar-refractivity contribution in [2.75, 3.05) is 55.4 Å². The summed E-state index contributed by atoms with van der Waals surface area (Å²) in [6, 6.07) is 8.33. The predicted octanol–water partition coefficient (Wildman–Crippen LogP) is 1.34. The summed E-state index contributed by atoms with van der Waals surface area (Å²) < 4.78 is 5.44. The van der Waals surface area contributed by atoms with Gasteiger partial charge >= 0.3 is 0 Å². The van der Waals surface area contributed by atoms with Crippen LogP contribution in [0.1, 0.15) is 17.5 Å². The number of amides is 1. The molecule has 11 heteroatoms. The summed E-state index contributed by atoms with van der Waals surface area (Å²) in [6.45, 7) is 4.10. The zero-order chi connectivity index (χ0) is 24.2. The maximum atomic E-state index is 11.3. The molecule has 34 heavy (non-hydrogen) atoms. The van der Waals surface area contributed by atoms with E-state index in [-0.39, 0.29) is 12.3 Å². The topological polar surface area (TPSA) is 154 Å². The maximum absolute atomic E-state index is 11.3. The van der Waals surface area contributed by atoms with Crippen LogP contribution in [0.25, 0.3) is 0 Å². The fourth-order valence-electron chi connectivity index (χ4n) is 3.27. The highest BCUT2D eigenvalue weighted by atomic mass is 16.5. The largest absolute Gasteiger partial charge is 0.403 e. The third-order valence-corrected chi connectivity index (χ3v) is 5.13. The van der Waals surface area contributed by atoms with Crippen LogP contribution in [0, 0.1) is 5.41 Å². The number of aromatic nitrogens is 2. The van der Waals surface area contributed by atoms with Crippen LogP contribution < -0.4 is 26.6 Å². The van der Waals surface area contributed by atoms with Gasteiger partial charge in [0.2, 0.25) is 11.9 Å². The normalized spacial score (nSPS) is 14.1. The van der Waals surface area contributed by atoms with Gasteiger partial charge in [-0.3, -0.25) is 9.79 Å². The first-order chi connectivity index (χ1) is 16.6. The van der Waals surface area contributed by atoms with E-state index in [4.69, 9.17) is 15.9 Å². The fourth-order valence-corrected chi connectivity index (χ4v) is 3.27. The molecule has 1 aromatic heterocycles. The lowest BCUT2D eigenvalue weighted by Gasteiger charge is -2.29. The van der Waals surface area contributed by atoms with Gasteiger partial charge in [0.1, 0.15) is 5.82 Å². The summed E-state index contributed by atoms with van der Waals surface area (Å²) in [4.78, 5) is 26.5. The van der Waals surface area contributed by atoms with Gasteiger partial charge in [-0.2, -0.15) is 4.98 Å². The number of nitrogens with two attached hydrogens (primary N) is 1. The van der Waals surface area contributed by atoms with E-state index in [1.165, 1.54) is 18.6 Å². The van der Waals surface area contributed by atoms with E-state index in [9.17, 15) is 4.79 Å². The molecule has 0 radical (unpaired) electrons. The number of allylic oxidation sites excluding steroid dienone is 1. The summed E-state index contributed by atoms with van der Waals surface area (Å²) >= 11 is 0. The molecule has 6 N–H and O–H groups in total. The van der Waals surface area contributed by atoms with E-state index in [1.54, 1.807) is 13.2 Å². The number of carbonyl (C=O) groups is 1. The molecule has 0 aliphatic carbocycles. The molecule has 180 valence electrons. The number of nitrogens with one attached hydrogen (secondary N) is 4. The van der Waals surface area contributed by atoms with Gasteiger partial charge in [0, 0.05) is 70.2 Å². The van der Waals surface area contributed by atoms with Gasteiger partial charge < -0.3 is 36.7 Å². The van der Waals surface area contributed by atoms with Gasteiger partial charge in [-0.15, -0.1) is 0 Å². The number of rotatable bonds is 11. The molecule has 1 aliphatic heterocycles. The summed E-state index contributed by atoms with van der Waals surface area (Å²) in [5.41, 5.74) is 8.99. The molecule has 0 unspecified atom stereocenters. The van der Waals surface area contributed by atoms with Crippen LogP contribution in [-0.4, -0.2) is 68.2 Å². The van der Waals surface area contributed by atoms with Crippen molar-refractivity contribution in [3.8, 4) is 0 Å². The Morgan fingerprint density at radius 3 is 2.91 bits per heavy atom. The third-order valence-electron chi connectivity index (χ3n) is 5.13. The zero-order valence-electron chi connectivity index (χ0n) is 19.3. The lowest BCUT2D eigenvalue weighted by molar-refractivity contribution is -0.120. The van der Waals surface area contributed by atoms with Crippen molar-refractivity contribution in [2.45, 2.75) is 13.0 Å². The van der Waals surface area contributed by atoms with E-state index in [0.717, 1.165) is 37.6 Å². The van der Waals surface area contributed by atoms with E-state index in [1.807, 2.05) is 12.1 Å². The molecule has 2 aromatic rings. The lowest BCUT2D eigenvalue weighted by Crippen LogP contribution is -2.36. The van der Waals surface area contributed by atoms with Crippen LogP contribution in [0.4, 0.5) is 17.5 Å². The van der Waals surface area contributed by atoms with E-state index >= 15 is 0 Å². The molecule has 1 amide bonds. The Morgan fingerprint density at radius 1 is 1.35 bits per heavy atom. The second-order valence-corrected chi connectivity index (χ2v) is 7.47. The molecule has 11 nitrogen and oxygen atoms in total. The second-order valence-electron chi connectivity index (χ2n) is 7.47. The molecule has 2 heterocycles. The first-order valence-electron chi connectivity index (χ1n) is 11.0. The van der Waals surface area contributed by atoms with E-state index < -0.39 is 0 Å². The second kappa shape index (κ2) is 12.9. The average Bonchev–Trinajstić information content (AvgIpc) is 2.89. The van der Waals surface area contributed by atoms with Crippen LogP contribution in [0.5, 0.6) is 0 Å². The summed E-state index contributed by atoms with van der Waals surface area (Å²) in [6.07, 6.45) is 5.93. The van der Waals surface area contributed by atoms with Gasteiger partial charge in [-0.25, -0.2) is 4.98 Å². The van der Waals surface area contributed by atoms with Gasteiger partial charge in [-0.1, -0.05) is 12.1 Å². The number of carbonyl (C=O) groups excluding carboxylic acids is 1. The minimum atomic E-state index is -0.0832. The number of hydrogen-bond donors (Lipinski definition) is 5. The van der Waals surface area contributed by atoms with E-state index in [0.29, 0.717) is 36.1 Å². The Labute approximate surface area is 199 Å². The molecule has 0 bridgehead atoms. The number of anilines is 3. The molecule has 1 saturated heterocycles. The van der Waals surface area contributed by atoms with Crippen LogP contribution >= 0.6 is 0 Å². The average molecular weight is 466 g/mol. The Bertz CT molecular complexity index is 1030. The number of benzene rings is 1. The SMILES string of the molecule is CNC(=O)CCN=CC(=CN)Nc1ncc(C=N)c(NCc2cccc(N3CCOCC3)c2)n1. The van der Waals surface area contributed by atoms with Crippen molar-refractivity contribution in [3.63, 3.8) is 0 Å². The molecule has 1 aliphatic rings. The molecular weight excluding hydrogens is 434 g/mol. The van der Waals surface area contributed by atoms with Crippen molar-refractivity contribution >= 4 is 35.8 Å². The monoisotopic (exact) mass is 465 g/mol. The molecule has 1 aromatic carbocycles. The van der Waals surface area contributed by atoms with Gasteiger partial charge in [-0.05, 0) is 17.7 Å². The van der Waals surface area contributed by atoms with Crippen LogP contribution in [0.15, 0.2) is 47.4 Å². The Kier molecular flexibility index (Phi) is 9.35. The minimum absolute atomic E-state index is 0.0832. The lowest BCUT2D eigenvalue weighted by atomic mass is 10.1. The molecule has 0 spiro atoms. The number of hydrogen-bond acceptors (Lipinski definition) is 10. The van der Waals surface area contributed by atoms with Crippen LogP contribution in [0.2, 0.25) is 0 Å². The first kappa shape index (κ1) is 24.6. The summed E-state index contributed by atoms with van der Waals surface area (Å²) in [5, 5.41) is 16.5. The van der Waals surface area contributed by atoms with Crippen molar-refractivity contribution in [2.24, 2.45) is 10.7 Å². The fraction of sp³-hybridized carbons (Fsp3) is 0.348. The number of morpholine rings is 1. The van der Waals surface area contributed by atoms with Crippen molar-refractivity contribution in [1.82, 2.24) is 15.3 Å². The van der Waals surface area contributed by atoms with E-state index in [2.05, 4.69) is 47.9 Å². The van der Waals surface area contributed by atoms with Crippen LogP contribution in [0.3, 0.4) is 0 Å². The molecule has 1 fully saturated rings. The van der Waals surface area contributed by atoms with Crippen molar-refractivity contribution < 1.29 is 9.53 Å². The molecule has 0 atom stereocenters. The Hall–Kier alpha value is -3.99. The zero-order valence-corrected chi connectivity index (χ0v) is 19.3. The maximum Gasteiger partial charge on any atom is 0.229 e. The smallest absolute Gasteiger partial charge is 0.229 e. The number of aliphatic imine (C=N–C) groups is 1. The third kappa shape index (κ3) is 7.27. The molecule has 3 rings (SSSR count). The quantitative estimate of drug-likeness (QED) is 0.312. The number of nitrogens with zero attached hydrogens (tertiary/aromatic N) is 4. The van der Waals surface area contributed by atoms with Gasteiger partial charge in [0.15, 0.2) is 0 Å². The number of ether oxygens (including phenoxy) is 1. The Balaban J connectivity index is 1.64. The molecular formula is C23H31N9O2. The minimum Gasteiger partial charge on any atom is -0.403 e. The van der Waals surface area contributed by atoms with Crippen molar-refractivity contribution in [3.05, 3.63) is 53.5 Å². The van der Waals surface area contributed by atoms with Gasteiger partial charge in [0.05, 0.1) is 24.5 Å². The summed E-state index contributed by atoms with van der Waals surface area (Å²) in [7, 11) is 1.58. The Morgan fingerprint density at radius 2 is 2.18 bits per heavy atom. The highest BCUT2D eigenvalue weighted by Gasteiger charge is 2.12. The standard InChI is InChI=1S/C23H31N9O2/c1-26-21(33)5-6-27-16-19(13-25)30-23-29-15-18(12-24)22(31-23)28-14-17-3-2-4-20(11-17)32-7-9-34-10-8-32/h2-4,11-13,15-16,24H,5-10,14,25H2,1H3,(H,26,33)(H2,28,29,30,31). The highest BCUT2D eigenvalue weighted by Crippen LogP contribution is 2.19. The van der Waals surface area contributed by atoms with Crippen molar-refractivity contribution in [1.29, 1.82) is 5.41 Å². The highest BCUT2D eigenvalue weighted by molar-refractivity contribution is 5.85. The summed E-state index contributed by atoms with van der Waals surface area (Å²) in [5.74, 6) is 0.752. The predicted molar refractivity (Wildman–Crippen MR) is 135 cm³/mol. The van der Waals surface area contributed by atoms with Gasteiger partial charge in [0.25, 0.3) is 0 Å². The van der Waals surface area contributed by atoms with Crippen LogP contribution in [-0.2, 0) is 16.1 Å². The first-order valence-corrected chi connectivity index (χ1v) is 11.0.